The van der Waals surface area contributed by atoms with Crippen molar-refractivity contribution < 1.29 is 9.53 Å². The molecule has 140 valence electrons. The maximum Gasteiger partial charge on any atom is 0.410 e. The van der Waals surface area contributed by atoms with Gasteiger partial charge in [0.2, 0.25) is 0 Å². The molecule has 1 aliphatic carbocycles. The van der Waals surface area contributed by atoms with Crippen LogP contribution in [0.2, 0.25) is 5.15 Å². The fraction of sp³-hybridized carbons (Fsp3) is 0.632. The molecule has 6 nitrogen and oxygen atoms in total. The minimum absolute atomic E-state index is 0.206. The van der Waals surface area contributed by atoms with Gasteiger partial charge in [-0.1, -0.05) is 23.4 Å². The number of ether oxygens (including phenoxy) is 1. The largest absolute Gasteiger partial charge is 0.444 e. The number of amides is 1. The van der Waals surface area contributed by atoms with Crippen molar-refractivity contribution in [2.24, 2.45) is 11.3 Å². The standard InChI is InChI=1S/C19H25ClN4O2/c1-18(2,3)26-17(25)24-11-19(12-24)8-6-13(7-9-19)4-5-14-10-15(20)22-23-16(14)21/h10,13H,6-9,11-12H2,1-3H3,(H2,21,23). The summed E-state index contributed by atoms with van der Waals surface area (Å²) in [7, 11) is 0. The van der Waals surface area contributed by atoms with Crippen molar-refractivity contribution in [1.29, 1.82) is 0 Å². The number of carbonyl (C=O) groups excluding carboxylic acids is 1. The summed E-state index contributed by atoms with van der Waals surface area (Å²) in [4.78, 5) is 13.9. The van der Waals surface area contributed by atoms with Crippen LogP contribution < -0.4 is 5.73 Å². The molecule has 2 N–H and O–H groups in total. The summed E-state index contributed by atoms with van der Waals surface area (Å²) in [5.74, 6) is 7.03. The van der Waals surface area contributed by atoms with Crippen LogP contribution in [-0.4, -0.2) is 39.9 Å². The quantitative estimate of drug-likeness (QED) is 0.701. The number of carbonyl (C=O) groups is 1. The number of nitrogen functional groups attached to an aromatic ring is 1. The molecule has 1 spiro atoms. The van der Waals surface area contributed by atoms with Crippen molar-refractivity contribution in [1.82, 2.24) is 15.1 Å². The molecular formula is C19H25ClN4O2. The molecule has 1 aromatic heterocycles. The van der Waals surface area contributed by atoms with Gasteiger partial charge in [0.25, 0.3) is 0 Å². The smallest absolute Gasteiger partial charge is 0.410 e. The number of aromatic nitrogens is 2. The highest BCUT2D eigenvalue weighted by atomic mass is 35.5. The molecule has 0 radical (unpaired) electrons. The molecule has 3 rings (SSSR count). The molecule has 1 aliphatic heterocycles. The normalized spacial score (nSPS) is 19.5. The van der Waals surface area contributed by atoms with Gasteiger partial charge in [0.15, 0.2) is 11.0 Å². The van der Waals surface area contributed by atoms with Crippen LogP contribution in [0.4, 0.5) is 10.6 Å². The second-order valence-electron chi connectivity index (χ2n) is 8.35. The van der Waals surface area contributed by atoms with E-state index in [0.717, 1.165) is 38.8 Å². The second-order valence-corrected chi connectivity index (χ2v) is 8.73. The van der Waals surface area contributed by atoms with E-state index in [4.69, 9.17) is 22.1 Å². The molecule has 1 saturated heterocycles. The molecule has 2 aliphatic rings. The average molecular weight is 377 g/mol. The Morgan fingerprint density at radius 1 is 1.35 bits per heavy atom. The van der Waals surface area contributed by atoms with Crippen LogP contribution in [0.3, 0.4) is 0 Å². The predicted octanol–water partition coefficient (Wildman–Crippen LogP) is 3.49. The van der Waals surface area contributed by atoms with Gasteiger partial charge in [0.1, 0.15) is 5.60 Å². The Kier molecular flexibility index (Phi) is 5.03. The fourth-order valence-electron chi connectivity index (χ4n) is 3.57. The third kappa shape index (κ3) is 4.39. The highest BCUT2D eigenvalue weighted by Gasteiger charge is 2.47. The molecule has 1 saturated carbocycles. The molecule has 1 aromatic rings. The number of halogens is 1. The van der Waals surface area contributed by atoms with Crippen molar-refractivity contribution in [3.05, 3.63) is 16.8 Å². The average Bonchev–Trinajstić information content (AvgIpc) is 2.52. The first-order chi connectivity index (χ1) is 12.2. The minimum atomic E-state index is -0.445. The summed E-state index contributed by atoms with van der Waals surface area (Å²) in [6.45, 7) is 7.26. The van der Waals surface area contributed by atoms with Crippen molar-refractivity contribution >= 4 is 23.5 Å². The van der Waals surface area contributed by atoms with E-state index in [0.29, 0.717) is 22.5 Å². The van der Waals surface area contributed by atoms with Gasteiger partial charge in [-0.25, -0.2) is 4.79 Å². The van der Waals surface area contributed by atoms with Crippen LogP contribution in [0.5, 0.6) is 0 Å². The Morgan fingerprint density at radius 3 is 2.62 bits per heavy atom. The van der Waals surface area contributed by atoms with E-state index in [9.17, 15) is 4.79 Å². The van der Waals surface area contributed by atoms with E-state index < -0.39 is 5.60 Å². The van der Waals surface area contributed by atoms with Crippen molar-refractivity contribution in [2.45, 2.75) is 52.1 Å². The molecule has 0 bridgehead atoms. The van der Waals surface area contributed by atoms with Crippen molar-refractivity contribution in [2.75, 3.05) is 18.8 Å². The van der Waals surface area contributed by atoms with E-state index in [1.165, 1.54) is 0 Å². The summed E-state index contributed by atoms with van der Waals surface area (Å²) < 4.78 is 5.44. The molecule has 2 heterocycles. The number of likely N-dealkylation sites (tertiary alicyclic amines) is 1. The minimum Gasteiger partial charge on any atom is -0.444 e. The number of nitrogens with two attached hydrogens (primary N) is 1. The first kappa shape index (κ1) is 18.8. The van der Waals surface area contributed by atoms with Crippen molar-refractivity contribution in [3.8, 4) is 11.8 Å². The molecule has 0 aromatic carbocycles. The first-order valence-electron chi connectivity index (χ1n) is 8.94. The van der Waals surface area contributed by atoms with E-state index >= 15 is 0 Å². The third-order valence-corrected chi connectivity index (χ3v) is 5.14. The monoisotopic (exact) mass is 376 g/mol. The Morgan fingerprint density at radius 2 is 2.00 bits per heavy atom. The Hall–Kier alpha value is -2.00. The SMILES string of the molecule is CC(C)(C)OC(=O)N1CC2(CCC(C#Cc3cc(Cl)nnc3N)CC2)C1. The summed E-state index contributed by atoms with van der Waals surface area (Å²) in [6, 6.07) is 1.64. The highest BCUT2D eigenvalue weighted by Crippen LogP contribution is 2.45. The molecule has 2 fully saturated rings. The van der Waals surface area contributed by atoms with E-state index in [-0.39, 0.29) is 11.5 Å². The number of anilines is 1. The van der Waals surface area contributed by atoms with Gasteiger partial charge in [0, 0.05) is 24.4 Å². The van der Waals surface area contributed by atoms with Gasteiger partial charge >= 0.3 is 6.09 Å². The Bertz CT molecular complexity index is 747. The molecule has 1 amide bonds. The fourth-order valence-corrected chi connectivity index (χ4v) is 3.71. The van der Waals surface area contributed by atoms with Crippen molar-refractivity contribution in [3.63, 3.8) is 0 Å². The second kappa shape index (κ2) is 6.96. The van der Waals surface area contributed by atoms with E-state index in [1.807, 2.05) is 25.7 Å². The molecule has 26 heavy (non-hydrogen) atoms. The zero-order valence-corrected chi connectivity index (χ0v) is 16.3. The molecule has 0 unspecified atom stereocenters. The molecule has 7 heteroatoms. The molecular weight excluding hydrogens is 352 g/mol. The van der Waals surface area contributed by atoms with Crippen LogP contribution in [0, 0.1) is 23.2 Å². The van der Waals surface area contributed by atoms with E-state index in [1.54, 1.807) is 6.07 Å². The van der Waals surface area contributed by atoms with Crippen LogP contribution in [0.15, 0.2) is 6.07 Å². The Labute approximate surface area is 159 Å². The van der Waals surface area contributed by atoms with Crippen LogP contribution in [-0.2, 0) is 4.74 Å². The van der Waals surface area contributed by atoms with Gasteiger partial charge in [-0.2, -0.15) is 0 Å². The van der Waals surface area contributed by atoms with Crippen LogP contribution in [0.25, 0.3) is 0 Å². The first-order valence-corrected chi connectivity index (χ1v) is 9.32. The number of hydrogen-bond donors (Lipinski definition) is 1. The van der Waals surface area contributed by atoms with Crippen LogP contribution in [0.1, 0.15) is 52.0 Å². The zero-order valence-electron chi connectivity index (χ0n) is 15.5. The van der Waals surface area contributed by atoms with E-state index in [2.05, 4.69) is 22.0 Å². The summed E-state index contributed by atoms with van der Waals surface area (Å²) in [6.07, 6.45) is 4.01. The lowest BCUT2D eigenvalue weighted by molar-refractivity contribution is -0.0516. The number of rotatable bonds is 0. The molecule has 0 atom stereocenters. The zero-order chi connectivity index (χ0) is 18.9. The summed E-state index contributed by atoms with van der Waals surface area (Å²) >= 11 is 5.84. The summed E-state index contributed by atoms with van der Waals surface area (Å²) in [5, 5.41) is 7.77. The maximum absolute atomic E-state index is 12.1. The number of hydrogen-bond acceptors (Lipinski definition) is 5. The lowest BCUT2D eigenvalue weighted by atomic mass is 9.66. The highest BCUT2D eigenvalue weighted by molar-refractivity contribution is 6.29. The van der Waals surface area contributed by atoms with Crippen LogP contribution >= 0.6 is 11.6 Å². The lowest BCUT2D eigenvalue weighted by Crippen LogP contribution is -2.60. The Balaban J connectivity index is 1.51. The third-order valence-electron chi connectivity index (χ3n) is 4.95. The predicted molar refractivity (Wildman–Crippen MR) is 101 cm³/mol. The van der Waals surface area contributed by atoms with Gasteiger partial charge in [-0.15, -0.1) is 10.2 Å². The van der Waals surface area contributed by atoms with Gasteiger partial charge in [-0.05, 0) is 52.5 Å². The summed E-state index contributed by atoms with van der Waals surface area (Å²) in [5.41, 5.74) is 6.21. The van der Waals surface area contributed by atoms with Gasteiger partial charge in [-0.3, -0.25) is 0 Å². The van der Waals surface area contributed by atoms with Gasteiger partial charge < -0.3 is 15.4 Å². The maximum atomic E-state index is 12.1. The lowest BCUT2D eigenvalue weighted by Gasteiger charge is -2.52. The number of nitrogens with zero attached hydrogens (tertiary/aromatic N) is 3. The topological polar surface area (TPSA) is 81.3 Å². The van der Waals surface area contributed by atoms with Gasteiger partial charge in [0.05, 0.1) is 5.56 Å².